The highest BCUT2D eigenvalue weighted by Crippen LogP contribution is 2.36. The summed E-state index contributed by atoms with van der Waals surface area (Å²) < 4.78 is 43.5. The van der Waals surface area contributed by atoms with E-state index in [1.54, 1.807) is 0 Å². The minimum absolute atomic E-state index is 0.111. The van der Waals surface area contributed by atoms with Crippen LogP contribution in [0.1, 0.15) is 11.3 Å². The van der Waals surface area contributed by atoms with Crippen LogP contribution in [0, 0.1) is 0 Å². The maximum atomic E-state index is 12.7. The Morgan fingerprint density at radius 1 is 1.27 bits per heavy atom. The fourth-order valence-corrected chi connectivity index (χ4v) is 1.89. The van der Waals surface area contributed by atoms with Crippen LogP contribution < -0.4 is 11.3 Å². The monoisotopic (exact) mass is 330 g/mol. The van der Waals surface area contributed by atoms with Crippen LogP contribution in [0.4, 0.5) is 13.2 Å². The van der Waals surface area contributed by atoms with E-state index in [4.69, 9.17) is 21.9 Å². The molecule has 0 atom stereocenters. The van der Waals surface area contributed by atoms with Crippen molar-refractivity contribution in [1.82, 2.24) is 5.43 Å². The van der Waals surface area contributed by atoms with Gasteiger partial charge in [-0.1, -0.05) is 11.6 Å². The summed E-state index contributed by atoms with van der Waals surface area (Å²) in [6, 6.07) is 5.90. The molecule has 1 aromatic heterocycles. The quantitative estimate of drug-likeness (QED) is 0.391. The summed E-state index contributed by atoms with van der Waals surface area (Å²) in [5.41, 5.74) is 1.17. The largest absolute Gasteiger partial charge is 0.457 e. The number of halogens is 4. The first-order chi connectivity index (χ1) is 10.3. The zero-order valence-electron chi connectivity index (χ0n) is 10.9. The van der Waals surface area contributed by atoms with Gasteiger partial charge in [0.05, 0.1) is 10.6 Å². The van der Waals surface area contributed by atoms with Crippen molar-refractivity contribution in [2.75, 3.05) is 0 Å². The van der Waals surface area contributed by atoms with E-state index in [2.05, 4.69) is 0 Å². The van der Waals surface area contributed by atoms with Crippen LogP contribution >= 0.6 is 11.6 Å². The lowest BCUT2D eigenvalue weighted by molar-refractivity contribution is -0.137. The number of nitrogens with one attached hydrogen (secondary N) is 1. The standard InChI is InChI=1S/C14H10ClF3N2O2/c15-11-4-1-8(14(16,17)18)7-10(11)12-5-2-9(22-12)3-6-13(21)20-19/h1-7H,19H2,(H,20,21)/b6-3+. The molecule has 3 N–H and O–H groups in total. The molecule has 0 bridgehead atoms. The van der Waals surface area contributed by atoms with Crippen LogP contribution in [0.25, 0.3) is 17.4 Å². The van der Waals surface area contributed by atoms with Gasteiger partial charge in [-0.2, -0.15) is 13.2 Å². The molecule has 2 aromatic rings. The summed E-state index contributed by atoms with van der Waals surface area (Å²) in [5.74, 6) is 4.78. The molecule has 1 aromatic carbocycles. The van der Waals surface area contributed by atoms with Gasteiger partial charge in [0.25, 0.3) is 5.91 Å². The van der Waals surface area contributed by atoms with E-state index < -0.39 is 17.6 Å². The molecule has 0 aliphatic carbocycles. The van der Waals surface area contributed by atoms with Gasteiger partial charge in [0.15, 0.2) is 0 Å². The summed E-state index contributed by atoms with van der Waals surface area (Å²) in [6.45, 7) is 0. The van der Waals surface area contributed by atoms with E-state index in [1.165, 1.54) is 18.2 Å². The Bertz CT molecular complexity index is 723. The first-order valence-corrected chi connectivity index (χ1v) is 6.34. The summed E-state index contributed by atoms with van der Waals surface area (Å²) in [5, 5.41) is 0.123. The van der Waals surface area contributed by atoms with Crippen molar-refractivity contribution in [2.24, 2.45) is 5.84 Å². The second-order valence-corrected chi connectivity index (χ2v) is 4.64. The number of hydrazine groups is 1. The molecule has 0 unspecified atom stereocenters. The van der Waals surface area contributed by atoms with Gasteiger partial charge >= 0.3 is 6.18 Å². The number of alkyl halides is 3. The number of hydrogen-bond donors (Lipinski definition) is 2. The molecule has 0 saturated carbocycles. The number of amides is 1. The van der Waals surface area contributed by atoms with Crippen molar-refractivity contribution in [3.8, 4) is 11.3 Å². The van der Waals surface area contributed by atoms with Gasteiger partial charge in [-0.3, -0.25) is 10.2 Å². The first-order valence-electron chi connectivity index (χ1n) is 5.97. The number of hydrogen-bond acceptors (Lipinski definition) is 3. The van der Waals surface area contributed by atoms with Crippen molar-refractivity contribution in [3.05, 3.63) is 52.8 Å². The van der Waals surface area contributed by atoms with Crippen molar-refractivity contribution < 1.29 is 22.4 Å². The Morgan fingerprint density at radius 3 is 2.64 bits per heavy atom. The van der Waals surface area contributed by atoms with Crippen LogP contribution in [-0.2, 0) is 11.0 Å². The minimum Gasteiger partial charge on any atom is -0.457 e. The fraction of sp³-hybridized carbons (Fsp3) is 0.0714. The van der Waals surface area contributed by atoms with Gasteiger partial charge in [0.2, 0.25) is 0 Å². The third-order valence-corrected chi connectivity index (χ3v) is 3.06. The minimum atomic E-state index is -4.48. The van der Waals surface area contributed by atoms with Crippen LogP contribution in [0.15, 0.2) is 40.8 Å². The van der Waals surface area contributed by atoms with E-state index in [9.17, 15) is 18.0 Å². The molecule has 0 aliphatic heterocycles. The number of furan rings is 1. The zero-order valence-corrected chi connectivity index (χ0v) is 11.7. The van der Waals surface area contributed by atoms with Crippen LogP contribution in [0.3, 0.4) is 0 Å². The Kier molecular flexibility index (Phi) is 4.58. The molecule has 0 radical (unpaired) electrons. The summed E-state index contributed by atoms with van der Waals surface area (Å²) in [4.78, 5) is 11.0. The molecule has 22 heavy (non-hydrogen) atoms. The van der Waals surface area contributed by atoms with E-state index in [-0.39, 0.29) is 22.1 Å². The molecule has 1 amide bonds. The summed E-state index contributed by atoms with van der Waals surface area (Å²) in [6.07, 6.45) is -2.03. The smallest absolute Gasteiger partial charge is 0.416 e. The van der Waals surface area contributed by atoms with Gasteiger partial charge in [-0.15, -0.1) is 0 Å². The maximum absolute atomic E-state index is 12.7. The number of carbonyl (C=O) groups excluding carboxylic acids is 1. The number of benzene rings is 1. The molecule has 4 nitrogen and oxygen atoms in total. The van der Waals surface area contributed by atoms with Crippen molar-refractivity contribution in [3.63, 3.8) is 0 Å². The Hall–Kier alpha value is -2.25. The van der Waals surface area contributed by atoms with E-state index >= 15 is 0 Å². The Balaban J connectivity index is 2.35. The van der Waals surface area contributed by atoms with E-state index in [0.717, 1.165) is 24.3 Å². The normalized spacial score (nSPS) is 11.9. The third-order valence-electron chi connectivity index (χ3n) is 2.73. The zero-order chi connectivity index (χ0) is 16.3. The molecule has 8 heteroatoms. The molecular formula is C14H10ClF3N2O2. The topological polar surface area (TPSA) is 68.3 Å². The molecule has 0 fully saturated rings. The van der Waals surface area contributed by atoms with Crippen LogP contribution in [0.2, 0.25) is 5.02 Å². The van der Waals surface area contributed by atoms with Gasteiger partial charge in [-0.25, -0.2) is 5.84 Å². The van der Waals surface area contributed by atoms with E-state index in [1.807, 2.05) is 5.43 Å². The second-order valence-electron chi connectivity index (χ2n) is 4.24. The van der Waals surface area contributed by atoms with E-state index in [0.29, 0.717) is 0 Å². The molecular weight excluding hydrogens is 321 g/mol. The van der Waals surface area contributed by atoms with Crippen molar-refractivity contribution >= 4 is 23.6 Å². The van der Waals surface area contributed by atoms with Crippen molar-refractivity contribution in [1.29, 1.82) is 0 Å². The number of rotatable bonds is 3. The molecule has 0 spiro atoms. The summed E-state index contributed by atoms with van der Waals surface area (Å²) >= 11 is 5.91. The van der Waals surface area contributed by atoms with Gasteiger partial charge < -0.3 is 4.42 Å². The average Bonchev–Trinajstić information content (AvgIpc) is 2.92. The third kappa shape index (κ3) is 3.69. The molecule has 116 valence electrons. The second kappa shape index (κ2) is 6.25. The first kappa shape index (κ1) is 16.1. The fourth-order valence-electron chi connectivity index (χ4n) is 1.68. The predicted molar refractivity (Wildman–Crippen MR) is 75.5 cm³/mol. The number of nitrogens with two attached hydrogens (primary N) is 1. The highest BCUT2D eigenvalue weighted by molar-refractivity contribution is 6.33. The van der Waals surface area contributed by atoms with Crippen LogP contribution in [0.5, 0.6) is 0 Å². The van der Waals surface area contributed by atoms with Gasteiger partial charge in [-0.05, 0) is 36.4 Å². The Morgan fingerprint density at radius 2 is 2.00 bits per heavy atom. The lowest BCUT2D eigenvalue weighted by Crippen LogP contribution is -2.27. The predicted octanol–water partition coefficient (Wildman–Crippen LogP) is 3.62. The highest BCUT2D eigenvalue weighted by Gasteiger charge is 2.31. The molecule has 1 heterocycles. The molecule has 0 aliphatic rings. The van der Waals surface area contributed by atoms with Crippen LogP contribution in [-0.4, -0.2) is 5.91 Å². The SMILES string of the molecule is NNC(=O)/C=C/c1ccc(-c2cc(C(F)(F)F)ccc2Cl)o1. The average molecular weight is 331 g/mol. The molecule has 0 saturated heterocycles. The van der Waals surface area contributed by atoms with Gasteiger partial charge in [0, 0.05) is 11.6 Å². The number of carbonyl (C=O) groups is 1. The van der Waals surface area contributed by atoms with Crippen molar-refractivity contribution in [2.45, 2.75) is 6.18 Å². The lowest BCUT2D eigenvalue weighted by Gasteiger charge is -2.09. The summed E-state index contributed by atoms with van der Waals surface area (Å²) in [7, 11) is 0. The highest BCUT2D eigenvalue weighted by atomic mass is 35.5. The Labute approximate surface area is 128 Å². The lowest BCUT2D eigenvalue weighted by atomic mass is 10.1. The molecule has 2 rings (SSSR count). The van der Waals surface area contributed by atoms with Gasteiger partial charge in [0.1, 0.15) is 11.5 Å². The maximum Gasteiger partial charge on any atom is 0.416 e.